The van der Waals surface area contributed by atoms with Gasteiger partial charge >= 0.3 is 5.97 Å². The van der Waals surface area contributed by atoms with Gasteiger partial charge in [-0.1, -0.05) is 0 Å². The van der Waals surface area contributed by atoms with Crippen LogP contribution in [0, 0.1) is 0 Å². The summed E-state index contributed by atoms with van der Waals surface area (Å²) in [5, 5.41) is 8.51. The minimum atomic E-state index is -0.909. The van der Waals surface area contributed by atoms with Gasteiger partial charge in [0.2, 0.25) is 0 Å². The Morgan fingerprint density at radius 3 is 2.73 bits per heavy atom. The molecule has 5 nitrogen and oxygen atoms in total. The molecule has 0 spiro atoms. The molecule has 0 aliphatic carbocycles. The van der Waals surface area contributed by atoms with Gasteiger partial charge < -0.3 is 14.4 Å². The maximum atomic E-state index is 11.7. The molecule has 1 rings (SSSR count). The van der Waals surface area contributed by atoms with E-state index in [-0.39, 0.29) is 18.9 Å². The molecule has 1 amide bonds. The number of nitrogens with zero attached hydrogens (tertiary/aromatic N) is 1. The van der Waals surface area contributed by atoms with Gasteiger partial charge in [0.25, 0.3) is 5.91 Å². The van der Waals surface area contributed by atoms with Crippen molar-refractivity contribution in [1.29, 1.82) is 0 Å². The molecule has 0 saturated carbocycles. The third-order valence-corrected chi connectivity index (χ3v) is 2.03. The van der Waals surface area contributed by atoms with Crippen molar-refractivity contribution >= 4 is 11.9 Å². The van der Waals surface area contributed by atoms with Crippen LogP contribution in [0.3, 0.4) is 0 Å². The van der Waals surface area contributed by atoms with Crippen LogP contribution >= 0.6 is 0 Å². The Balaban J connectivity index is 2.59. The molecule has 0 aliphatic rings. The molecule has 1 heterocycles. The highest BCUT2D eigenvalue weighted by Gasteiger charge is 2.15. The second kappa shape index (κ2) is 5.19. The SMILES string of the molecule is CCN(CCC(=O)O)C(=O)c1ccoc1. The number of carbonyl (C=O) groups excluding carboxylic acids is 1. The maximum absolute atomic E-state index is 11.7. The molecule has 0 aromatic carbocycles. The average Bonchev–Trinajstić information content (AvgIpc) is 2.70. The fourth-order valence-electron chi connectivity index (χ4n) is 1.20. The second-order valence-electron chi connectivity index (χ2n) is 3.04. The largest absolute Gasteiger partial charge is 0.481 e. The third-order valence-electron chi connectivity index (χ3n) is 2.03. The highest BCUT2D eigenvalue weighted by molar-refractivity contribution is 5.93. The zero-order chi connectivity index (χ0) is 11.3. The van der Waals surface area contributed by atoms with Crippen LogP contribution < -0.4 is 0 Å². The van der Waals surface area contributed by atoms with Crippen LogP contribution in [0.25, 0.3) is 0 Å². The monoisotopic (exact) mass is 211 g/mol. The standard InChI is InChI=1S/C10H13NO4/c1-2-11(5-3-9(12)13)10(14)8-4-6-15-7-8/h4,6-7H,2-3,5H2,1H3,(H,12,13). The van der Waals surface area contributed by atoms with Crippen molar-refractivity contribution in [3.63, 3.8) is 0 Å². The lowest BCUT2D eigenvalue weighted by Crippen LogP contribution is -2.32. The predicted molar refractivity (Wildman–Crippen MR) is 52.5 cm³/mol. The van der Waals surface area contributed by atoms with Gasteiger partial charge in [-0.25, -0.2) is 0 Å². The first-order valence-corrected chi connectivity index (χ1v) is 4.68. The Bertz CT molecular complexity index is 331. The lowest BCUT2D eigenvalue weighted by atomic mass is 10.2. The van der Waals surface area contributed by atoms with Gasteiger partial charge in [-0.2, -0.15) is 0 Å². The van der Waals surface area contributed by atoms with Crippen molar-refractivity contribution < 1.29 is 19.1 Å². The van der Waals surface area contributed by atoms with Crippen LogP contribution in [0.4, 0.5) is 0 Å². The van der Waals surface area contributed by atoms with Crippen molar-refractivity contribution in [3.8, 4) is 0 Å². The summed E-state index contributed by atoms with van der Waals surface area (Å²) in [6, 6.07) is 1.56. The molecule has 0 unspecified atom stereocenters. The third kappa shape index (κ3) is 3.12. The zero-order valence-electron chi connectivity index (χ0n) is 8.47. The van der Waals surface area contributed by atoms with Crippen LogP contribution in [-0.2, 0) is 4.79 Å². The molecular weight excluding hydrogens is 198 g/mol. The van der Waals surface area contributed by atoms with Crippen LogP contribution in [0.5, 0.6) is 0 Å². The molecule has 0 saturated heterocycles. The molecule has 15 heavy (non-hydrogen) atoms. The summed E-state index contributed by atoms with van der Waals surface area (Å²) in [5.41, 5.74) is 0.447. The zero-order valence-corrected chi connectivity index (χ0v) is 8.47. The van der Waals surface area contributed by atoms with Crippen molar-refractivity contribution in [2.45, 2.75) is 13.3 Å². The Morgan fingerprint density at radius 1 is 1.53 bits per heavy atom. The molecule has 1 N–H and O–H groups in total. The average molecular weight is 211 g/mol. The van der Waals surface area contributed by atoms with Gasteiger partial charge in [-0.3, -0.25) is 9.59 Å². The van der Waals surface area contributed by atoms with Gasteiger partial charge in [0.15, 0.2) is 0 Å². The van der Waals surface area contributed by atoms with Crippen LogP contribution in [0.1, 0.15) is 23.7 Å². The lowest BCUT2D eigenvalue weighted by Gasteiger charge is -2.18. The van der Waals surface area contributed by atoms with Gasteiger partial charge in [-0.15, -0.1) is 0 Å². The molecule has 0 aliphatic heterocycles. The minimum Gasteiger partial charge on any atom is -0.481 e. The topological polar surface area (TPSA) is 70.8 Å². The van der Waals surface area contributed by atoms with Gasteiger partial charge in [-0.05, 0) is 13.0 Å². The van der Waals surface area contributed by atoms with Crippen LogP contribution in [0.2, 0.25) is 0 Å². The molecular formula is C10H13NO4. The summed E-state index contributed by atoms with van der Waals surface area (Å²) < 4.78 is 4.79. The van der Waals surface area contributed by atoms with E-state index in [0.717, 1.165) is 0 Å². The van der Waals surface area contributed by atoms with Gasteiger partial charge in [0.05, 0.1) is 18.2 Å². The Kier molecular flexibility index (Phi) is 3.91. The number of hydrogen-bond acceptors (Lipinski definition) is 3. The smallest absolute Gasteiger partial charge is 0.305 e. The summed E-state index contributed by atoms with van der Waals surface area (Å²) in [4.78, 5) is 23.6. The summed E-state index contributed by atoms with van der Waals surface area (Å²) in [5.74, 6) is -1.11. The van der Waals surface area contributed by atoms with Crippen molar-refractivity contribution in [2.75, 3.05) is 13.1 Å². The van der Waals surface area contributed by atoms with E-state index < -0.39 is 5.97 Å². The molecule has 1 aromatic rings. The Hall–Kier alpha value is -1.78. The fourth-order valence-corrected chi connectivity index (χ4v) is 1.20. The summed E-state index contributed by atoms with van der Waals surface area (Å²) in [6.45, 7) is 2.51. The van der Waals surface area contributed by atoms with Gasteiger partial charge in [0, 0.05) is 13.1 Å². The second-order valence-corrected chi connectivity index (χ2v) is 3.04. The molecule has 0 fully saturated rings. The van der Waals surface area contributed by atoms with E-state index in [4.69, 9.17) is 9.52 Å². The number of carboxylic acid groups (broad SMARTS) is 1. The van der Waals surface area contributed by atoms with E-state index >= 15 is 0 Å². The number of carboxylic acids is 1. The summed E-state index contributed by atoms with van der Waals surface area (Å²) in [7, 11) is 0. The van der Waals surface area contributed by atoms with Crippen LogP contribution in [0.15, 0.2) is 23.0 Å². The van der Waals surface area contributed by atoms with E-state index in [9.17, 15) is 9.59 Å². The van der Waals surface area contributed by atoms with E-state index in [1.165, 1.54) is 17.4 Å². The number of carbonyl (C=O) groups is 2. The van der Waals surface area contributed by atoms with Crippen molar-refractivity contribution in [3.05, 3.63) is 24.2 Å². The van der Waals surface area contributed by atoms with E-state index in [0.29, 0.717) is 12.1 Å². The molecule has 0 radical (unpaired) electrons. The molecule has 0 atom stereocenters. The van der Waals surface area contributed by atoms with E-state index in [1.807, 2.05) is 0 Å². The van der Waals surface area contributed by atoms with E-state index in [2.05, 4.69) is 0 Å². The predicted octanol–water partition coefficient (Wildman–Crippen LogP) is 1.22. The summed E-state index contributed by atoms with van der Waals surface area (Å²) in [6.07, 6.45) is 2.72. The lowest BCUT2D eigenvalue weighted by molar-refractivity contribution is -0.137. The highest BCUT2D eigenvalue weighted by atomic mass is 16.4. The Morgan fingerprint density at radius 2 is 2.27 bits per heavy atom. The molecule has 82 valence electrons. The first kappa shape index (κ1) is 11.3. The first-order valence-electron chi connectivity index (χ1n) is 4.68. The molecule has 1 aromatic heterocycles. The maximum Gasteiger partial charge on any atom is 0.305 e. The van der Waals surface area contributed by atoms with Crippen molar-refractivity contribution in [1.82, 2.24) is 4.90 Å². The normalized spacial score (nSPS) is 9.93. The number of aliphatic carboxylic acids is 1. The number of rotatable bonds is 5. The first-order chi connectivity index (χ1) is 7.15. The van der Waals surface area contributed by atoms with Crippen LogP contribution in [-0.4, -0.2) is 35.0 Å². The summed E-state index contributed by atoms with van der Waals surface area (Å²) >= 11 is 0. The van der Waals surface area contributed by atoms with E-state index in [1.54, 1.807) is 13.0 Å². The minimum absolute atomic E-state index is 0.0442. The fraction of sp³-hybridized carbons (Fsp3) is 0.400. The highest BCUT2D eigenvalue weighted by Crippen LogP contribution is 2.05. The molecule has 5 heteroatoms. The number of hydrogen-bond donors (Lipinski definition) is 1. The molecule has 0 bridgehead atoms. The van der Waals surface area contributed by atoms with Crippen molar-refractivity contribution in [2.24, 2.45) is 0 Å². The number of furan rings is 1. The quantitative estimate of drug-likeness (QED) is 0.794. The number of amides is 1. The van der Waals surface area contributed by atoms with Gasteiger partial charge in [0.1, 0.15) is 6.26 Å². The Labute approximate surface area is 87.3 Å².